The molecule has 6 nitrogen and oxygen atoms in total. The Balaban J connectivity index is 2.03. The minimum atomic E-state index is -3.17. The second kappa shape index (κ2) is 5.62. The van der Waals surface area contributed by atoms with Crippen molar-refractivity contribution in [1.82, 2.24) is 14.7 Å². The molecule has 2 rings (SSSR count). The fourth-order valence-electron chi connectivity index (χ4n) is 1.84. The predicted octanol–water partition coefficient (Wildman–Crippen LogP) is 0.516. The average Bonchev–Trinajstić information content (AvgIpc) is 2.91. The van der Waals surface area contributed by atoms with Crippen LogP contribution >= 0.6 is 0 Å². The van der Waals surface area contributed by atoms with Gasteiger partial charge in [-0.25, -0.2) is 23.1 Å². The number of nitrogens with one attached hydrogen (secondary N) is 1. The zero-order valence-electron chi connectivity index (χ0n) is 10.5. The first-order valence-electron chi connectivity index (χ1n) is 6.15. The molecule has 0 aliphatic carbocycles. The molecule has 2 heterocycles. The molecule has 1 N–H and O–H groups in total. The summed E-state index contributed by atoms with van der Waals surface area (Å²) in [5.41, 5.74) is 0.698. The monoisotopic (exact) mass is 270 g/mol. The van der Waals surface area contributed by atoms with E-state index in [-0.39, 0.29) is 12.3 Å². The van der Waals surface area contributed by atoms with Crippen molar-refractivity contribution in [2.45, 2.75) is 26.3 Å². The van der Waals surface area contributed by atoms with Crippen LogP contribution in [0.4, 0.5) is 5.95 Å². The Morgan fingerprint density at radius 2 is 2.11 bits per heavy atom. The molecule has 0 aromatic carbocycles. The van der Waals surface area contributed by atoms with Crippen LogP contribution in [0.1, 0.15) is 25.5 Å². The van der Waals surface area contributed by atoms with Crippen molar-refractivity contribution in [2.75, 3.05) is 23.7 Å². The highest BCUT2D eigenvalue weighted by Crippen LogP contribution is 2.15. The van der Waals surface area contributed by atoms with Crippen LogP contribution < -0.4 is 9.62 Å². The average molecular weight is 270 g/mol. The maximum absolute atomic E-state index is 11.3. The zero-order valence-corrected chi connectivity index (χ0v) is 11.3. The van der Waals surface area contributed by atoms with Crippen molar-refractivity contribution in [3.8, 4) is 0 Å². The van der Waals surface area contributed by atoms with Crippen LogP contribution in [0.5, 0.6) is 0 Å². The smallest absolute Gasteiger partial charge is 0.225 e. The van der Waals surface area contributed by atoms with Crippen LogP contribution in [-0.2, 0) is 16.6 Å². The van der Waals surface area contributed by atoms with E-state index in [0.717, 1.165) is 25.9 Å². The Labute approximate surface area is 107 Å². The zero-order chi connectivity index (χ0) is 13.0. The molecule has 1 aliphatic rings. The van der Waals surface area contributed by atoms with E-state index < -0.39 is 10.0 Å². The summed E-state index contributed by atoms with van der Waals surface area (Å²) in [6, 6.07) is 1.73. The molecular formula is C11H18N4O2S. The fourth-order valence-corrected chi connectivity index (χ4v) is 2.41. The molecule has 0 amide bonds. The molecule has 1 saturated heterocycles. The van der Waals surface area contributed by atoms with Gasteiger partial charge in [-0.2, -0.15) is 0 Å². The summed E-state index contributed by atoms with van der Waals surface area (Å²) in [6.45, 7) is 3.78. The van der Waals surface area contributed by atoms with E-state index >= 15 is 0 Å². The van der Waals surface area contributed by atoms with Crippen molar-refractivity contribution in [3.63, 3.8) is 0 Å². The second-order valence-electron chi connectivity index (χ2n) is 4.27. The lowest BCUT2D eigenvalue weighted by atomic mass is 10.4. The van der Waals surface area contributed by atoms with Gasteiger partial charge in [0.15, 0.2) is 0 Å². The van der Waals surface area contributed by atoms with E-state index in [0.29, 0.717) is 11.6 Å². The van der Waals surface area contributed by atoms with Gasteiger partial charge in [0, 0.05) is 19.3 Å². The third-order valence-electron chi connectivity index (χ3n) is 2.94. The largest absolute Gasteiger partial charge is 0.341 e. The SMILES string of the molecule is CCS(=O)(=O)NCc1ccnc(N2CCCC2)n1. The Morgan fingerprint density at radius 3 is 2.78 bits per heavy atom. The molecule has 0 unspecified atom stereocenters. The van der Waals surface area contributed by atoms with Crippen LogP contribution in [-0.4, -0.2) is 37.2 Å². The van der Waals surface area contributed by atoms with Gasteiger partial charge in [0.1, 0.15) is 0 Å². The molecule has 18 heavy (non-hydrogen) atoms. The number of nitrogens with zero attached hydrogens (tertiary/aromatic N) is 3. The number of hydrogen-bond donors (Lipinski definition) is 1. The maximum Gasteiger partial charge on any atom is 0.225 e. The Morgan fingerprint density at radius 1 is 1.39 bits per heavy atom. The van der Waals surface area contributed by atoms with Gasteiger partial charge in [0.25, 0.3) is 0 Å². The molecule has 0 spiro atoms. The lowest BCUT2D eigenvalue weighted by molar-refractivity contribution is 0.581. The summed E-state index contributed by atoms with van der Waals surface area (Å²) >= 11 is 0. The molecule has 100 valence electrons. The van der Waals surface area contributed by atoms with Gasteiger partial charge in [0.2, 0.25) is 16.0 Å². The van der Waals surface area contributed by atoms with Crippen LogP contribution in [0.15, 0.2) is 12.3 Å². The third kappa shape index (κ3) is 3.39. The molecule has 1 aromatic heterocycles. The van der Waals surface area contributed by atoms with Gasteiger partial charge < -0.3 is 4.90 Å². The van der Waals surface area contributed by atoms with E-state index in [2.05, 4.69) is 19.6 Å². The van der Waals surface area contributed by atoms with E-state index in [1.54, 1.807) is 19.2 Å². The topological polar surface area (TPSA) is 75.2 Å². The van der Waals surface area contributed by atoms with Gasteiger partial charge >= 0.3 is 0 Å². The maximum atomic E-state index is 11.3. The highest BCUT2D eigenvalue weighted by molar-refractivity contribution is 7.89. The first-order chi connectivity index (χ1) is 8.61. The highest BCUT2D eigenvalue weighted by atomic mass is 32.2. The Kier molecular flexibility index (Phi) is 4.13. The van der Waals surface area contributed by atoms with Crippen LogP contribution in [0.3, 0.4) is 0 Å². The second-order valence-corrected chi connectivity index (χ2v) is 6.36. The number of aromatic nitrogens is 2. The first-order valence-corrected chi connectivity index (χ1v) is 7.80. The standard InChI is InChI=1S/C11H18N4O2S/c1-2-18(16,17)13-9-10-5-6-12-11(14-10)15-7-3-4-8-15/h5-6,13H,2-4,7-9H2,1H3. The molecule has 0 radical (unpaired) electrons. The van der Waals surface area contributed by atoms with Gasteiger partial charge in [-0.15, -0.1) is 0 Å². The summed E-state index contributed by atoms with van der Waals surface area (Å²) in [5, 5.41) is 0. The van der Waals surface area contributed by atoms with E-state index in [1.807, 2.05) is 0 Å². The van der Waals surface area contributed by atoms with Crippen LogP contribution in [0, 0.1) is 0 Å². The fraction of sp³-hybridized carbons (Fsp3) is 0.636. The minimum Gasteiger partial charge on any atom is -0.341 e. The summed E-state index contributed by atoms with van der Waals surface area (Å²) < 4.78 is 25.2. The van der Waals surface area contributed by atoms with Gasteiger partial charge in [-0.3, -0.25) is 0 Å². The van der Waals surface area contributed by atoms with Crippen molar-refractivity contribution in [1.29, 1.82) is 0 Å². The molecule has 0 bridgehead atoms. The molecule has 1 aromatic rings. The Hall–Kier alpha value is -1.21. The number of anilines is 1. The number of hydrogen-bond acceptors (Lipinski definition) is 5. The lowest BCUT2D eigenvalue weighted by Gasteiger charge is -2.15. The van der Waals surface area contributed by atoms with Gasteiger partial charge in [-0.1, -0.05) is 0 Å². The summed E-state index contributed by atoms with van der Waals surface area (Å²) in [6.07, 6.45) is 4.00. The molecule has 0 saturated carbocycles. The molecule has 1 aliphatic heterocycles. The third-order valence-corrected chi connectivity index (χ3v) is 4.29. The molecular weight excluding hydrogens is 252 g/mol. The normalized spacial score (nSPS) is 16.2. The quantitative estimate of drug-likeness (QED) is 0.844. The highest BCUT2D eigenvalue weighted by Gasteiger charge is 2.15. The molecule has 0 atom stereocenters. The number of sulfonamides is 1. The molecule has 1 fully saturated rings. The summed E-state index contributed by atoms with van der Waals surface area (Å²) in [4.78, 5) is 10.7. The van der Waals surface area contributed by atoms with E-state index in [1.165, 1.54) is 0 Å². The van der Waals surface area contributed by atoms with Crippen molar-refractivity contribution in [3.05, 3.63) is 18.0 Å². The van der Waals surface area contributed by atoms with Crippen LogP contribution in [0.2, 0.25) is 0 Å². The Bertz CT molecular complexity index is 498. The minimum absolute atomic E-state index is 0.0804. The summed E-state index contributed by atoms with van der Waals surface area (Å²) in [7, 11) is -3.17. The first kappa shape index (κ1) is 13.2. The van der Waals surface area contributed by atoms with E-state index in [4.69, 9.17) is 0 Å². The van der Waals surface area contributed by atoms with Crippen molar-refractivity contribution in [2.24, 2.45) is 0 Å². The molecule has 7 heteroatoms. The summed E-state index contributed by atoms with van der Waals surface area (Å²) in [5.74, 6) is 0.776. The van der Waals surface area contributed by atoms with Gasteiger partial charge in [0.05, 0.1) is 18.0 Å². The predicted molar refractivity (Wildman–Crippen MR) is 69.8 cm³/mol. The van der Waals surface area contributed by atoms with Crippen molar-refractivity contribution < 1.29 is 8.42 Å². The number of rotatable bonds is 5. The lowest BCUT2D eigenvalue weighted by Crippen LogP contribution is -2.26. The van der Waals surface area contributed by atoms with Crippen molar-refractivity contribution >= 4 is 16.0 Å². The van der Waals surface area contributed by atoms with E-state index in [9.17, 15) is 8.42 Å². The van der Waals surface area contributed by atoms with Gasteiger partial charge in [-0.05, 0) is 25.8 Å². The van der Waals surface area contributed by atoms with Crippen LogP contribution in [0.25, 0.3) is 0 Å².